The van der Waals surface area contributed by atoms with Gasteiger partial charge in [0, 0.05) is 19.2 Å². The summed E-state index contributed by atoms with van der Waals surface area (Å²) in [5, 5.41) is 10.5. The number of ether oxygens (including phenoxy) is 1. The highest BCUT2D eigenvalue weighted by molar-refractivity contribution is 5.35. The van der Waals surface area contributed by atoms with Crippen molar-refractivity contribution in [2.24, 2.45) is 0 Å². The molecule has 0 aromatic heterocycles. The van der Waals surface area contributed by atoms with E-state index in [1.165, 1.54) is 18.2 Å². The molecule has 0 saturated heterocycles. The second-order valence-corrected chi connectivity index (χ2v) is 3.40. The quantitative estimate of drug-likeness (QED) is 0.608. The molecule has 0 heterocycles. The number of nitro benzene ring substituents is 1. The molecule has 17 heavy (non-hydrogen) atoms. The number of alkyl halides is 3. The van der Waals surface area contributed by atoms with Gasteiger partial charge in [-0.05, 0) is 5.56 Å². The molecule has 0 aliphatic carbocycles. The fourth-order valence-electron chi connectivity index (χ4n) is 1.39. The molecule has 0 amide bonds. The van der Waals surface area contributed by atoms with Crippen LogP contribution in [0.2, 0.25) is 0 Å². The van der Waals surface area contributed by atoms with E-state index in [4.69, 9.17) is 4.74 Å². The van der Waals surface area contributed by atoms with Crippen LogP contribution in [-0.2, 0) is 4.74 Å². The van der Waals surface area contributed by atoms with E-state index >= 15 is 0 Å². The minimum absolute atomic E-state index is 0.138. The molecule has 7 heteroatoms. The van der Waals surface area contributed by atoms with Gasteiger partial charge < -0.3 is 4.74 Å². The molecular formula is C10H10F3NO3. The van der Waals surface area contributed by atoms with E-state index in [0.29, 0.717) is 0 Å². The number of nitrogens with zero attached hydrogens (tertiary/aromatic N) is 1. The van der Waals surface area contributed by atoms with Crippen LogP contribution in [-0.4, -0.2) is 18.2 Å². The van der Waals surface area contributed by atoms with Gasteiger partial charge in [0.1, 0.15) is 0 Å². The normalized spacial score (nSPS) is 13.4. The zero-order valence-electron chi connectivity index (χ0n) is 8.90. The largest absolute Gasteiger partial charge is 0.391 e. The van der Waals surface area contributed by atoms with Crippen molar-refractivity contribution in [3.05, 3.63) is 39.9 Å². The maximum Gasteiger partial charge on any atom is 0.391 e. The first-order valence-electron chi connectivity index (χ1n) is 4.67. The van der Waals surface area contributed by atoms with Crippen LogP contribution in [0.4, 0.5) is 18.9 Å². The topological polar surface area (TPSA) is 52.4 Å². The van der Waals surface area contributed by atoms with Crippen LogP contribution in [0.15, 0.2) is 24.3 Å². The number of nitro groups is 1. The van der Waals surface area contributed by atoms with Gasteiger partial charge in [0.15, 0.2) is 0 Å². The molecule has 1 aromatic rings. The van der Waals surface area contributed by atoms with Gasteiger partial charge in [-0.15, -0.1) is 0 Å². The van der Waals surface area contributed by atoms with Gasteiger partial charge in [0.25, 0.3) is 5.69 Å². The number of rotatable bonds is 4. The summed E-state index contributed by atoms with van der Waals surface area (Å²) in [4.78, 5) is 9.83. The van der Waals surface area contributed by atoms with Crippen molar-refractivity contribution in [1.29, 1.82) is 0 Å². The van der Waals surface area contributed by atoms with Crippen LogP contribution in [0.25, 0.3) is 0 Å². The molecule has 0 aliphatic heterocycles. The summed E-state index contributed by atoms with van der Waals surface area (Å²) in [5.74, 6) is 0. The van der Waals surface area contributed by atoms with E-state index < -0.39 is 23.6 Å². The third kappa shape index (κ3) is 4.03. The van der Waals surface area contributed by atoms with E-state index in [0.717, 1.165) is 13.2 Å². The third-order valence-electron chi connectivity index (χ3n) is 2.15. The molecule has 1 rings (SSSR count). The predicted molar refractivity (Wildman–Crippen MR) is 53.5 cm³/mol. The Morgan fingerprint density at radius 2 is 2.12 bits per heavy atom. The smallest absolute Gasteiger partial charge is 0.376 e. The Bertz CT molecular complexity index is 406. The zero-order chi connectivity index (χ0) is 13.1. The summed E-state index contributed by atoms with van der Waals surface area (Å²) in [7, 11) is 1.13. The number of halogens is 3. The van der Waals surface area contributed by atoms with Crippen molar-refractivity contribution in [2.45, 2.75) is 18.7 Å². The monoisotopic (exact) mass is 249 g/mol. The number of hydrogen-bond acceptors (Lipinski definition) is 3. The molecule has 0 saturated carbocycles. The van der Waals surface area contributed by atoms with Crippen molar-refractivity contribution in [3.8, 4) is 0 Å². The van der Waals surface area contributed by atoms with E-state index in [-0.39, 0.29) is 11.3 Å². The maximum absolute atomic E-state index is 12.2. The van der Waals surface area contributed by atoms with Crippen molar-refractivity contribution in [1.82, 2.24) is 0 Å². The van der Waals surface area contributed by atoms with Crippen LogP contribution in [0.1, 0.15) is 18.1 Å². The van der Waals surface area contributed by atoms with E-state index in [1.807, 2.05) is 0 Å². The van der Waals surface area contributed by atoms with Crippen LogP contribution in [0, 0.1) is 10.1 Å². The standard InChI is InChI=1S/C10H10F3NO3/c1-17-9(6-10(11,12)13)7-3-2-4-8(5-7)14(15)16/h2-5,9H,6H2,1H3. The van der Waals surface area contributed by atoms with E-state index in [2.05, 4.69) is 0 Å². The average Bonchev–Trinajstić information content (AvgIpc) is 2.25. The van der Waals surface area contributed by atoms with Gasteiger partial charge in [0.2, 0.25) is 0 Å². The summed E-state index contributed by atoms with van der Waals surface area (Å²) in [6.45, 7) is 0. The molecule has 0 aliphatic rings. The van der Waals surface area contributed by atoms with Crippen LogP contribution < -0.4 is 0 Å². The van der Waals surface area contributed by atoms with Gasteiger partial charge in [-0.2, -0.15) is 13.2 Å². The lowest BCUT2D eigenvalue weighted by Gasteiger charge is -2.17. The van der Waals surface area contributed by atoms with Gasteiger partial charge in [-0.1, -0.05) is 12.1 Å². The van der Waals surface area contributed by atoms with Crippen molar-refractivity contribution in [2.75, 3.05) is 7.11 Å². The Hall–Kier alpha value is -1.63. The van der Waals surface area contributed by atoms with Gasteiger partial charge >= 0.3 is 6.18 Å². The molecule has 0 spiro atoms. The van der Waals surface area contributed by atoms with Crippen molar-refractivity contribution in [3.63, 3.8) is 0 Å². The lowest BCUT2D eigenvalue weighted by Crippen LogP contribution is -2.15. The Morgan fingerprint density at radius 1 is 1.47 bits per heavy atom. The molecule has 1 unspecified atom stereocenters. The molecule has 4 nitrogen and oxygen atoms in total. The van der Waals surface area contributed by atoms with Crippen molar-refractivity contribution < 1.29 is 22.8 Å². The molecule has 94 valence electrons. The fourth-order valence-corrected chi connectivity index (χ4v) is 1.39. The van der Waals surface area contributed by atoms with E-state index in [1.54, 1.807) is 0 Å². The lowest BCUT2D eigenvalue weighted by atomic mass is 10.1. The predicted octanol–water partition coefficient (Wildman–Crippen LogP) is 3.23. The van der Waals surface area contributed by atoms with Gasteiger partial charge in [-0.3, -0.25) is 10.1 Å². The second kappa shape index (κ2) is 5.13. The summed E-state index contributed by atoms with van der Waals surface area (Å²) in [6.07, 6.45) is -6.79. The molecule has 0 bridgehead atoms. The van der Waals surface area contributed by atoms with Gasteiger partial charge in [0.05, 0.1) is 17.4 Å². The number of hydrogen-bond donors (Lipinski definition) is 0. The Kier molecular flexibility index (Phi) is 4.06. The molecule has 1 aromatic carbocycles. The first-order chi connectivity index (χ1) is 7.83. The molecule has 1 atom stereocenters. The minimum Gasteiger partial charge on any atom is -0.376 e. The Labute approximate surface area is 95.2 Å². The summed E-state index contributed by atoms with van der Waals surface area (Å²) >= 11 is 0. The minimum atomic E-state index is -4.38. The maximum atomic E-state index is 12.2. The van der Waals surface area contributed by atoms with Crippen molar-refractivity contribution >= 4 is 5.69 Å². The summed E-state index contributed by atoms with van der Waals surface area (Å²) < 4.78 is 41.4. The Balaban J connectivity index is 2.96. The first kappa shape index (κ1) is 13.4. The van der Waals surface area contributed by atoms with Crippen LogP contribution >= 0.6 is 0 Å². The number of benzene rings is 1. The average molecular weight is 249 g/mol. The highest BCUT2D eigenvalue weighted by Crippen LogP contribution is 2.32. The highest BCUT2D eigenvalue weighted by Gasteiger charge is 2.33. The summed E-state index contributed by atoms with van der Waals surface area (Å²) in [6, 6.07) is 4.99. The number of non-ortho nitro benzene ring substituents is 1. The van der Waals surface area contributed by atoms with Crippen LogP contribution in [0.3, 0.4) is 0 Å². The highest BCUT2D eigenvalue weighted by atomic mass is 19.4. The molecule has 0 fully saturated rings. The molecule has 0 N–H and O–H groups in total. The SMILES string of the molecule is COC(CC(F)(F)F)c1cccc([N+](=O)[O-])c1. The third-order valence-corrected chi connectivity index (χ3v) is 2.15. The molecule has 0 radical (unpaired) electrons. The first-order valence-corrected chi connectivity index (χ1v) is 4.67. The van der Waals surface area contributed by atoms with Crippen LogP contribution in [0.5, 0.6) is 0 Å². The second-order valence-electron chi connectivity index (χ2n) is 3.40. The Morgan fingerprint density at radius 3 is 2.59 bits per heavy atom. The fraction of sp³-hybridized carbons (Fsp3) is 0.400. The van der Waals surface area contributed by atoms with E-state index in [9.17, 15) is 23.3 Å². The molecular weight excluding hydrogens is 239 g/mol. The van der Waals surface area contributed by atoms with Gasteiger partial charge in [-0.25, -0.2) is 0 Å². The number of methoxy groups -OCH3 is 1. The summed E-state index contributed by atoms with van der Waals surface area (Å²) in [5.41, 5.74) is -0.120. The zero-order valence-corrected chi connectivity index (χ0v) is 8.90. The lowest BCUT2D eigenvalue weighted by molar-refractivity contribution is -0.385.